The lowest BCUT2D eigenvalue weighted by atomic mass is 10.1. The van der Waals surface area contributed by atoms with Gasteiger partial charge >= 0.3 is 0 Å². The minimum Gasteiger partial charge on any atom is -0.368 e. The highest BCUT2D eigenvalue weighted by atomic mass is 16.1. The summed E-state index contributed by atoms with van der Waals surface area (Å²) in [6.07, 6.45) is 3.07. The van der Waals surface area contributed by atoms with E-state index in [9.17, 15) is 4.79 Å². The molecule has 0 saturated carbocycles. The Labute approximate surface area is 137 Å². The molecular formula is C17H23N5O. The number of nitrogens with one attached hydrogen (secondary N) is 2. The molecule has 2 rings (SSSR count). The van der Waals surface area contributed by atoms with Crippen LogP contribution in [0.2, 0.25) is 0 Å². The van der Waals surface area contributed by atoms with Gasteiger partial charge in [0, 0.05) is 19.6 Å². The van der Waals surface area contributed by atoms with Crippen molar-refractivity contribution in [2.75, 3.05) is 32.5 Å². The van der Waals surface area contributed by atoms with Gasteiger partial charge in [-0.25, -0.2) is 9.97 Å². The summed E-state index contributed by atoms with van der Waals surface area (Å²) in [5, 5.41) is 6.03. The number of anilines is 1. The fourth-order valence-electron chi connectivity index (χ4n) is 2.02. The van der Waals surface area contributed by atoms with Crippen molar-refractivity contribution >= 4 is 11.7 Å². The van der Waals surface area contributed by atoms with Gasteiger partial charge in [-0.05, 0) is 32.1 Å². The number of aryl methyl sites for hydroxylation is 1. The Morgan fingerprint density at radius 2 is 1.96 bits per heavy atom. The minimum atomic E-state index is -0.222. The first-order valence-electron chi connectivity index (χ1n) is 7.59. The van der Waals surface area contributed by atoms with Crippen molar-refractivity contribution < 1.29 is 4.79 Å². The van der Waals surface area contributed by atoms with Crippen LogP contribution in [-0.2, 0) is 6.54 Å². The maximum absolute atomic E-state index is 12.1. The lowest BCUT2D eigenvalue weighted by molar-refractivity contribution is 0.0945. The zero-order chi connectivity index (χ0) is 16.7. The lowest BCUT2D eigenvalue weighted by Crippen LogP contribution is -2.24. The number of aromatic nitrogens is 2. The highest BCUT2D eigenvalue weighted by molar-refractivity contribution is 5.91. The Balaban J connectivity index is 1.86. The molecule has 1 amide bonds. The van der Waals surface area contributed by atoms with Gasteiger partial charge in [-0.3, -0.25) is 4.79 Å². The number of hydrogen-bond donors (Lipinski definition) is 2. The molecule has 23 heavy (non-hydrogen) atoms. The molecule has 6 heteroatoms. The van der Waals surface area contributed by atoms with Crippen LogP contribution in [0.15, 0.2) is 36.7 Å². The maximum Gasteiger partial charge on any atom is 0.271 e. The minimum absolute atomic E-state index is 0.222. The molecule has 122 valence electrons. The summed E-state index contributed by atoms with van der Waals surface area (Å²) in [4.78, 5) is 22.6. The van der Waals surface area contributed by atoms with Gasteiger partial charge in [0.25, 0.3) is 5.91 Å². The molecule has 0 bridgehead atoms. The molecular weight excluding hydrogens is 290 g/mol. The third-order valence-electron chi connectivity index (χ3n) is 3.45. The first kappa shape index (κ1) is 16.9. The number of hydrogen-bond acceptors (Lipinski definition) is 5. The van der Waals surface area contributed by atoms with Crippen LogP contribution in [0.5, 0.6) is 0 Å². The van der Waals surface area contributed by atoms with Gasteiger partial charge in [0.05, 0.1) is 12.4 Å². The Bertz CT molecular complexity index is 640. The van der Waals surface area contributed by atoms with Crippen LogP contribution in [0.3, 0.4) is 0 Å². The summed E-state index contributed by atoms with van der Waals surface area (Å²) < 4.78 is 0. The van der Waals surface area contributed by atoms with Crippen molar-refractivity contribution in [3.8, 4) is 0 Å². The molecule has 0 aliphatic carbocycles. The SMILES string of the molecule is Cc1ccccc1CNC(=O)c1cnc(NCCN(C)C)cn1. The molecule has 0 unspecified atom stereocenters. The Kier molecular flexibility index (Phi) is 6.05. The van der Waals surface area contributed by atoms with Crippen molar-refractivity contribution in [1.29, 1.82) is 0 Å². The Morgan fingerprint density at radius 1 is 1.17 bits per heavy atom. The molecule has 0 fully saturated rings. The molecule has 0 atom stereocenters. The van der Waals surface area contributed by atoms with Crippen LogP contribution < -0.4 is 10.6 Å². The zero-order valence-electron chi connectivity index (χ0n) is 13.8. The van der Waals surface area contributed by atoms with Gasteiger partial charge in [0.2, 0.25) is 0 Å². The monoisotopic (exact) mass is 313 g/mol. The van der Waals surface area contributed by atoms with Crippen LogP contribution in [0, 0.1) is 6.92 Å². The standard InChI is InChI=1S/C17H23N5O/c1-13-6-4-5-7-14(13)10-21-17(23)15-11-20-16(12-19-15)18-8-9-22(2)3/h4-7,11-12H,8-10H2,1-3H3,(H,18,20)(H,21,23). The molecule has 1 heterocycles. The van der Waals surface area contributed by atoms with Crippen LogP contribution in [0.4, 0.5) is 5.82 Å². The summed E-state index contributed by atoms with van der Waals surface area (Å²) in [6, 6.07) is 7.96. The smallest absolute Gasteiger partial charge is 0.271 e. The third-order valence-corrected chi connectivity index (χ3v) is 3.45. The lowest BCUT2D eigenvalue weighted by Gasteiger charge is -2.11. The van der Waals surface area contributed by atoms with Gasteiger partial charge in [-0.2, -0.15) is 0 Å². The average molecular weight is 313 g/mol. The van der Waals surface area contributed by atoms with Crippen molar-refractivity contribution in [1.82, 2.24) is 20.2 Å². The van der Waals surface area contributed by atoms with Crippen molar-refractivity contribution in [3.63, 3.8) is 0 Å². The molecule has 6 nitrogen and oxygen atoms in total. The number of nitrogens with zero attached hydrogens (tertiary/aromatic N) is 3. The fraction of sp³-hybridized carbons (Fsp3) is 0.353. The van der Waals surface area contributed by atoms with E-state index in [1.807, 2.05) is 45.3 Å². The number of carbonyl (C=O) groups excluding carboxylic acids is 1. The van der Waals surface area contributed by atoms with E-state index >= 15 is 0 Å². The predicted octanol–water partition coefficient (Wildman–Crippen LogP) is 1.69. The quantitative estimate of drug-likeness (QED) is 0.814. The first-order chi connectivity index (χ1) is 11.1. The Morgan fingerprint density at radius 3 is 2.61 bits per heavy atom. The van der Waals surface area contributed by atoms with E-state index in [4.69, 9.17) is 0 Å². The number of likely N-dealkylation sites (N-methyl/N-ethyl adjacent to an activating group) is 1. The largest absolute Gasteiger partial charge is 0.368 e. The van der Waals surface area contributed by atoms with Gasteiger partial charge in [0.15, 0.2) is 0 Å². The maximum atomic E-state index is 12.1. The first-order valence-corrected chi connectivity index (χ1v) is 7.59. The summed E-state index contributed by atoms with van der Waals surface area (Å²) in [5.41, 5.74) is 2.56. The van der Waals surface area contributed by atoms with Gasteiger partial charge in [-0.15, -0.1) is 0 Å². The van der Waals surface area contributed by atoms with Gasteiger partial charge in [-0.1, -0.05) is 24.3 Å². The zero-order valence-corrected chi connectivity index (χ0v) is 13.8. The average Bonchev–Trinajstić information content (AvgIpc) is 2.54. The molecule has 1 aromatic heterocycles. The molecule has 2 aromatic rings. The fourth-order valence-corrected chi connectivity index (χ4v) is 2.02. The molecule has 0 aliphatic heterocycles. The number of amides is 1. The van der Waals surface area contributed by atoms with E-state index < -0.39 is 0 Å². The second kappa shape index (κ2) is 8.24. The molecule has 1 aromatic carbocycles. The molecule has 0 aliphatic rings. The molecule has 0 radical (unpaired) electrons. The summed E-state index contributed by atoms with van der Waals surface area (Å²) in [5.74, 6) is 0.447. The number of rotatable bonds is 7. The Hall–Kier alpha value is -2.47. The van der Waals surface area contributed by atoms with E-state index in [2.05, 4.69) is 25.5 Å². The summed E-state index contributed by atoms with van der Waals surface area (Å²) in [7, 11) is 4.02. The molecule has 0 spiro atoms. The van der Waals surface area contributed by atoms with Crippen LogP contribution >= 0.6 is 0 Å². The number of benzene rings is 1. The highest BCUT2D eigenvalue weighted by Gasteiger charge is 2.08. The second-order valence-electron chi connectivity index (χ2n) is 5.63. The normalized spacial score (nSPS) is 10.6. The van der Waals surface area contributed by atoms with Crippen molar-refractivity contribution in [3.05, 3.63) is 53.5 Å². The van der Waals surface area contributed by atoms with Crippen LogP contribution in [-0.4, -0.2) is 48.0 Å². The molecule has 0 saturated heterocycles. The van der Waals surface area contributed by atoms with Gasteiger partial charge < -0.3 is 15.5 Å². The topological polar surface area (TPSA) is 70.2 Å². The number of carbonyl (C=O) groups is 1. The van der Waals surface area contributed by atoms with E-state index in [1.54, 1.807) is 6.20 Å². The van der Waals surface area contributed by atoms with E-state index in [0.29, 0.717) is 18.1 Å². The third kappa shape index (κ3) is 5.34. The van der Waals surface area contributed by atoms with E-state index in [1.165, 1.54) is 6.20 Å². The summed E-state index contributed by atoms with van der Waals surface area (Å²) in [6.45, 7) is 4.19. The predicted molar refractivity (Wildman–Crippen MR) is 91.4 cm³/mol. The van der Waals surface area contributed by atoms with Crippen LogP contribution in [0.1, 0.15) is 21.6 Å². The van der Waals surface area contributed by atoms with Gasteiger partial charge in [0.1, 0.15) is 11.5 Å². The molecule has 2 N–H and O–H groups in total. The van der Waals surface area contributed by atoms with Crippen molar-refractivity contribution in [2.24, 2.45) is 0 Å². The summed E-state index contributed by atoms with van der Waals surface area (Å²) >= 11 is 0. The van der Waals surface area contributed by atoms with E-state index in [0.717, 1.165) is 24.2 Å². The van der Waals surface area contributed by atoms with Crippen LogP contribution in [0.25, 0.3) is 0 Å². The van der Waals surface area contributed by atoms with E-state index in [-0.39, 0.29) is 5.91 Å². The second-order valence-corrected chi connectivity index (χ2v) is 5.63. The van der Waals surface area contributed by atoms with Crippen molar-refractivity contribution in [2.45, 2.75) is 13.5 Å². The highest BCUT2D eigenvalue weighted by Crippen LogP contribution is 2.07.